The zero-order valence-corrected chi connectivity index (χ0v) is 17.0. The zero-order chi connectivity index (χ0) is 20.8. The number of carbonyl (C=O) groups excluding carboxylic acids is 1. The first-order valence-electron chi connectivity index (χ1n) is 9.27. The van der Waals surface area contributed by atoms with Crippen molar-refractivity contribution >= 4 is 23.1 Å². The van der Waals surface area contributed by atoms with E-state index in [4.69, 9.17) is 9.47 Å². The first kappa shape index (κ1) is 20.1. The summed E-state index contributed by atoms with van der Waals surface area (Å²) in [6.45, 7) is 4.50. The molecule has 29 heavy (non-hydrogen) atoms. The van der Waals surface area contributed by atoms with E-state index in [1.807, 2.05) is 42.2 Å². The van der Waals surface area contributed by atoms with Crippen LogP contribution in [0.4, 0.5) is 17.2 Å². The van der Waals surface area contributed by atoms with E-state index in [1.165, 1.54) is 0 Å². The fourth-order valence-electron chi connectivity index (χ4n) is 2.99. The van der Waals surface area contributed by atoms with E-state index in [0.29, 0.717) is 35.4 Å². The number of aryl methyl sites for hydroxylation is 1. The zero-order valence-electron chi connectivity index (χ0n) is 17.0. The van der Waals surface area contributed by atoms with Crippen LogP contribution >= 0.6 is 0 Å². The molecule has 3 rings (SSSR count). The van der Waals surface area contributed by atoms with Gasteiger partial charge in [0.15, 0.2) is 0 Å². The van der Waals surface area contributed by atoms with Crippen LogP contribution in [0.5, 0.6) is 11.5 Å². The molecule has 3 aromatic rings. The van der Waals surface area contributed by atoms with Gasteiger partial charge < -0.3 is 19.7 Å². The highest BCUT2D eigenvalue weighted by Crippen LogP contribution is 2.29. The Kier molecular flexibility index (Phi) is 6.29. The Labute approximate surface area is 170 Å². The number of anilines is 3. The topological polar surface area (TPSA) is 76.6 Å². The lowest BCUT2D eigenvalue weighted by Gasteiger charge is -2.22. The van der Waals surface area contributed by atoms with Crippen molar-refractivity contribution in [3.8, 4) is 11.5 Å². The number of carbonyl (C=O) groups is 1. The molecule has 0 atom stereocenters. The molecule has 0 saturated heterocycles. The summed E-state index contributed by atoms with van der Waals surface area (Å²) < 4.78 is 10.6. The predicted octanol–water partition coefficient (Wildman–Crippen LogP) is 4.21. The van der Waals surface area contributed by atoms with Crippen molar-refractivity contribution in [1.29, 1.82) is 0 Å². The molecule has 7 heteroatoms. The quantitative estimate of drug-likeness (QED) is 0.649. The van der Waals surface area contributed by atoms with Gasteiger partial charge in [-0.25, -0.2) is 9.97 Å². The van der Waals surface area contributed by atoms with Gasteiger partial charge in [0.25, 0.3) is 5.91 Å². The molecule has 0 saturated carbocycles. The fourth-order valence-corrected chi connectivity index (χ4v) is 2.99. The maximum atomic E-state index is 12.9. The first-order chi connectivity index (χ1) is 14.0. The standard InChI is InChI=1S/C22H24N4O3/c1-5-26(16-9-7-6-8-10-16)21-14-19(23-15(2)24-21)22(27)25-18-13-17(28-3)11-12-20(18)29-4/h6-14H,5H2,1-4H3,(H,25,27). The summed E-state index contributed by atoms with van der Waals surface area (Å²) >= 11 is 0. The van der Waals surface area contributed by atoms with Crippen molar-refractivity contribution < 1.29 is 14.3 Å². The molecule has 150 valence electrons. The summed E-state index contributed by atoms with van der Waals surface area (Å²) in [7, 11) is 3.11. The number of para-hydroxylation sites is 1. The normalized spacial score (nSPS) is 10.3. The molecule has 0 aliphatic carbocycles. The Morgan fingerprint density at radius 2 is 1.79 bits per heavy atom. The van der Waals surface area contributed by atoms with Crippen molar-refractivity contribution in [1.82, 2.24) is 9.97 Å². The van der Waals surface area contributed by atoms with Crippen LogP contribution in [-0.2, 0) is 0 Å². The van der Waals surface area contributed by atoms with Crippen LogP contribution in [0.3, 0.4) is 0 Å². The average molecular weight is 392 g/mol. The summed E-state index contributed by atoms with van der Waals surface area (Å²) in [6, 6.07) is 16.8. The third-order valence-corrected chi connectivity index (χ3v) is 4.37. The van der Waals surface area contributed by atoms with E-state index in [2.05, 4.69) is 15.3 Å². The highest BCUT2D eigenvalue weighted by Gasteiger charge is 2.17. The Bertz CT molecular complexity index is 993. The number of nitrogens with one attached hydrogen (secondary N) is 1. The van der Waals surface area contributed by atoms with Crippen molar-refractivity contribution in [3.05, 3.63) is 66.1 Å². The summed E-state index contributed by atoms with van der Waals surface area (Å²) in [6.07, 6.45) is 0. The SMILES string of the molecule is CCN(c1ccccc1)c1cc(C(=O)Nc2cc(OC)ccc2OC)nc(C)n1. The number of hydrogen-bond acceptors (Lipinski definition) is 6. The molecule has 0 aliphatic rings. The third kappa shape index (κ3) is 4.63. The largest absolute Gasteiger partial charge is 0.497 e. The van der Waals surface area contributed by atoms with Gasteiger partial charge >= 0.3 is 0 Å². The van der Waals surface area contributed by atoms with Gasteiger partial charge in [0.2, 0.25) is 0 Å². The van der Waals surface area contributed by atoms with Gasteiger partial charge in [-0.2, -0.15) is 0 Å². The van der Waals surface area contributed by atoms with Crippen LogP contribution in [0.25, 0.3) is 0 Å². The summed E-state index contributed by atoms with van der Waals surface area (Å²) in [4.78, 5) is 23.8. The van der Waals surface area contributed by atoms with Crippen molar-refractivity contribution in [2.45, 2.75) is 13.8 Å². The fraction of sp³-hybridized carbons (Fsp3) is 0.227. The van der Waals surface area contributed by atoms with Crippen LogP contribution in [0.1, 0.15) is 23.2 Å². The number of methoxy groups -OCH3 is 2. The van der Waals surface area contributed by atoms with E-state index in [1.54, 1.807) is 45.4 Å². The minimum absolute atomic E-state index is 0.270. The molecule has 1 amide bonds. The summed E-state index contributed by atoms with van der Waals surface area (Å²) in [5.41, 5.74) is 1.77. The molecule has 1 heterocycles. The Balaban J connectivity index is 1.93. The second kappa shape index (κ2) is 9.05. The number of ether oxygens (including phenoxy) is 2. The molecular formula is C22H24N4O3. The lowest BCUT2D eigenvalue weighted by molar-refractivity contribution is 0.102. The van der Waals surface area contributed by atoms with E-state index in [9.17, 15) is 4.79 Å². The lowest BCUT2D eigenvalue weighted by atomic mass is 10.2. The molecule has 1 N–H and O–H groups in total. The third-order valence-electron chi connectivity index (χ3n) is 4.37. The molecule has 0 fully saturated rings. The van der Waals surface area contributed by atoms with E-state index in [0.717, 1.165) is 5.69 Å². The molecule has 1 aromatic heterocycles. The van der Waals surface area contributed by atoms with Crippen LogP contribution < -0.4 is 19.7 Å². The van der Waals surface area contributed by atoms with Gasteiger partial charge in [-0.3, -0.25) is 4.79 Å². The number of amides is 1. The van der Waals surface area contributed by atoms with Gasteiger partial charge in [0.05, 0.1) is 19.9 Å². The monoisotopic (exact) mass is 392 g/mol. The second-order valence-corrected chi connectivity index (χ2v) is 6.26. The Morgan fingerprint density at radius 3 is 2.45 bits per heavy atom. The molecule has 0 radical (unpaired) electrons. The van der Waals surface area contributed by atoms with E-state index in [-0.39, 0.29) is 11.6 Å². The van der Waals surface area contributed by atoms with Gasteiger partial charge in [0, 0.05) is 24.4 Å². The Hall–Kier alpha value is -3.61. The highest BCUT2D eigenvalue weighted by atomic mass is 16.5. The predicted molar refractivity (Wildman–Crippen MR) is 113 cm³/mol. The molecule has 7 nitrogen and oxygen atoms in total. The molecule has 0 bridgehead atoms. The smallest absolute Gasteiger partial charge is 0.274 e. The van der Waals surface area contributed by atoms with E-state index >= 15 is 0 Å². The second-order valence-electron chi connectivity index (χ2n) is 6.26. The van der Waals surface area contributed by atoms with Gasteiger partial charge in [-0.05, 0) is 38.1 Å². The lowest BCUT2D eigenvalue weighted by Crippen LogP contribution is -2.21. The number of hydrogen-bond donors (Lipinski definition) is 1. The van der Waals surface area contributed by atoms with Gasteiger partial charge in [0.1, 0.15) is 28.8 Å². The summed E-state index contributed by atoms with van der Waals surface area (Å²) in [5.74, 6) is 1.97. The number of aromatic nitrogens is 2. The van der Waals surface area contributed by atoms with E-state index < -0.39 is 0 Å². The number of rotatable bonds is 7. The first-order valence-corrected chi connectivity index (χ1v) is 9.27. The Morgan fingerprint density at radius 1 is 1.03 bits per heavy atom. The van der Waals surface area contributed by atoms with Crippen molar-refractivity contribution in [3.63, 3.8) is 0 Å². The summed E-state index contributed by atoms with van der Waals surface area (Å²) in [5, 5.41) is 2.85. The van der Waals surface area contributed by atoms with Crippen molar-refractivity contribution in [2.75, 3.05) is 31.0 Å². The number of nitrogens with zero attached hydrogens (tertiary/aromatic N) is 3. The molecule has 0 spiro atoms. The van der Waals surface area contributed by atoms with Crippen LogP contribution in [0.2, 0.25) is 0 Å². The molecule has 0 unspecified atom stereocenters. The number of benzene rings is 2. The van der Waals surface area contributed by atoms with Crippen molar-refractivity contribution in [2.24, 2.45) is 0 Å². The molecule has 2 aromatic carbocycles. The van der Waals surface area contributed by atoms with Gasteiger partial charge in [-0.15, -0.1) is 0 Å². The van der Waals surface area contributed by atoms with Gasteiger partial charge in [-0.1, -0.05) is 18.2 Å². The van der Waals surface area contributed by atoms with Crippen LogP contribution in [-0.4, -0.2) is 36.6 Å². The minimum Gasteiger partial charge on any atom is -0.497 e. The van der Waals surface area contributed by atoms with Crippen LogP contribution in [0, 0.1) is 6.92 Å². The molecular weight excluding hydrogens is 368 g/mol. The average Bonchev–Trinajstić information content (AvgIpc) is 2.74. The van der Waals surface area contributed by atoms with Crippen LogP contribution in [0.15, 0.2) is 54.6 Å². The molecule has 0 aliphatic heterocycles. The highest BCUT2D eigenvalue weighted by molar-refractivity contribution is 6.04. The maximum Gasteiger partial charge on any atom is 0.274 e. The maximum absolute atomic E-state index is 12.9. The minimum atomic E-state index is -0.354.